The van der Waals surface area contributed by atoms with Crippen LogP contribution >= 0.6 is 22.7 Å². The molecule has 0 aliphatic heterocycles. The number of hydrogen-bond acceptors (Lipinski definition) is 8. The molecule has 0 saturated heterocycles. The van der Waals surface area contributed by atoms with Gasteiger partial charge in [0.05, 0.1) is 15.6 Å². The second-order valence-electron chi connectivity index (χ2n) is 6.59. The van der Waals surface area contributed by atoms with Crippen molar-refractivity contribution in [1.82, 2.24) is 9.97 Å². The molecule has 0 fully saturated rings. The van der Waals surface area contributed by atoms with E-state index < -0.39 is 10.0 Å². The molecule has 11 heteroatoms. The van der Waals surface area contributed by atoms with Gasteiger partial charge in [0.25, 0.3) is 15.9 Å². The number of thiazole rings is 2. The van der Waals surface area contributed by atoms with E-state index in [-0.39, 0.29) is 15.9 Å². The molecule has 164 valence electrons. The maximum Gasteiger partial charge on any atom is 0.263 e. The van der Waals surface area contributed by atoms with E-state index in [9.17, 15) is 13.2 Å². The smallest absolute Gasteiger partial charge is 0.263 e. The van der Waals surface area contributed by atoms with E-state index in [2.05, 4.69) is 20.0 Å². The quantitative estimate of drug-likeness (QED) is 0.378. The van der Waals surface area contributed by atoms with Gasteiger partial charge in [0, 0.05) is 28.2 Å². The number of ether oxygens (including phenoxy) is 1. The zero-order valence-corrected chi connectivity index (χ0v) is 19.3. The van der Waals surface area contributed by atoms with Gasteiger partial charge in [-0.3, -0.25) is 9.52 Å². The minimum atomic E-state index is -3.74. The second kappa shape index (κ2) is 9.47. The van der Waals surface area contributed by atoms with Crippen LogP contribution in [0.2, 0.25) is 0 Å². The average molecular weight is 487 g/mol. The fourth-order valence-corrected chi connectivity index (χ4v) is 5.09. The molecular formula is C21H18N4O4S3. The molecule has 2 N–H and O–H groups in total. The van der Waals surface area contributed by atoms with Crippen LogP contribution in [0.25, 0.3) is 0 Å². The molecule has 0 unspecified atom stereocenters. The third-order valence-corrected chi connectivity index (χ3v) is 7.24. The van der Waals surface area contributed by atoms with Crippen molar-refractivity contribution >= 4 is 49.4 Å². The van der Waals surface area contributed by atoms with Crippen molar-refractivity contribution < 1.29 is 17.9 Å². The molecule has 0 aliphatic rings. The number of rotatable bonds is 8. The van der Waals surface area contributed by atoms with Crippen LogP contribution < -0.4 is 14.8 Å². The van der Waals surface area contributed by atoms with Crippen LogP contribution in [0.4, 0.5) is 10.8 Å². The number of anilines is 2. The fraction of sp³-hybridized carbons (Fsp3) is 0.0952. The monoisotopic (exact) mass is 486 g/mol. The van der Waals surface area contributed by atoms with Crippen molar-refractivity contribution in [3.8, 4) is 5.75 Å². The molecule has 0 saturated carbocycles. The number of carbonyl (C=O) groups excluding carboxylic acids is 1. The lowest BCUT2D eigenvalue weighted by atomic mass is 10.2. The molecule has 4 rings (SSSR count). The lowest BCUT2D eigenvalue weighted by Crippen LogP contribution is -2.14. The summed E-state index contributed by atoms with van der Waals surface area (Å²) >= 11 is 2.75. The fourth-order valence-electron chi connectivity index (χ4n) is 2.70. The summed E-state index contributed by atoms with van der Waals surface area (Å²) in [6.07, 6.45) is 1.52. The number of aryl methyl sites for hydroxylation is 1. The first-order valence-corrected chi connectivity index (χ1v) is 12.6. The maximum absolute atomic E-state index is 12.5. The van der Waals surface area contributed by atoms with Crippen LogP contribution in [0.15, 0.2) is 70.4 Å². The predicted molar refractivity (Wildman–Crippen MR) is 125 cm³/mol. The maximum atomic E-state index is 12.5. The van der Waals surface area contributed by atoms with E-state index in [4.69, 9.17) is 4.74 Å². The highest BCUT2D eigenvalue weighted by Gasteiger charge is 2.15. The summed E-state index contributed by atoms with van der Waals surface area (Å²) in [5, 5.41) is 7.65. The molecular weight excluding hydrogens is 468 g/mol. The highest BCUT2D eigenvalue weighted by atomic mass is 32.2. The van der Waals surface area contributed by atoms with Crippen LogP contribution in [-0.2, 0) is 16.6 Å². The summed E-state index contributed by atoms with van der Waals surface area (Å²) in [7, 11) is -3.74. The van der Waals surface area contributed by atoms with Gasteiger partial charge in [0.15, 0.2) is 5.13 Å². The number of nitrogens with one attached hydrogen (secondary N) is 2. The Balaban J connectivity index is 1.35. The van der Waals surface area contributed by atoms with Crippen molar-refractivity contribution in [2.45, 2.75) is 18.4 Å². The molecule has 0 atom stereocenters. The van der Waals surface area contributed by atoms with Crippen LogP contribution in [0, 0.1) is 6.92 Å². The summed E-state index contributed by atoms with van der Waals surface area (Å²) in [5.41, 5.74) is 1.79. The molecule has 1 amide bonds. The summed E-state index contributed by atoms with van der Waals surface area (Å²) < 4.78 is 32.9. The number of carbonyl (C=O) groups is 1. The Hall–Kier alpha value is -3.28. The zero-order chi connectivity index (χ0) is 22.6. The number of hydrogen-bond donors (Lipinski definition) is 2. The van der Waals surface area contributed by atoms with Crippen molar-refractivity contribution in [1.29, 1.82) is 0 Å². The van der Waals surface area contributed by atoms with Crippen LogP contribution in [-0.4, -0.2) is 24.3 Å². The molecule has 32 heavy (non-hydrogen) atoms. The van der Waals surface area contributed by atoms with Gasteiger partial charge in [-0.15, -0.1) is 22.7 Å². The number of benzene rings is 2. The first kappa shape index (κ1) is 21.9. The van der Waals surface area contributed by atoms with Crippen molar-refractivity contribution in [3.63, 3.8) is 0 Å². The number of nitrogens with zero attached hydrogens (tertiary/aromatic N) is 2. The van der Waals surface area contributed by atoms with Crippen molar-refractivity contribution in [2.24, 2.45) is 0 Å². The Bertz CT molecular complexity index is 1300. The molecule has 4 aromatic rings. The van der Waals surface area contributed by atoms with Gasteiger partial charge in [-0.2, -0.15) is 0 Å². The topological polar surface area (TPSA) is 110 Å². The van der Waals surface area contributed by atoms with Gasteiger partial charge in [-0.25, -0.2) is 18.4 Å². The first-order chi connectivity index (χ1) is 15.4. The van der Waals surface area contributed by atoms with Gasteiger partial charge in [-0.1, -0.05) is 0 Å². The second-order valence-corrected chi connectivity index (χ2v) is 10.2. The van der Waals surface area contributed by atoms with Gasteiger partial charge >= 0.3 is 0 Å². The predicted octanol–water partition coefficient (Wildman–Crippen LogP) is 4.54. The van der Waals surface area contributed by atoms with Gasteiger partial charge < -0.3 is 10.1 Å². The third kappa shape index (κ3) is 5.49. The van der Waals surface area contributed by atoms with E-state index in [0.717, 1.165) is 10.7 Å². The summed E-state index contributed by atoms with van der Waals surface area (Å²) in [4.78, 5) is 20.8. The number of sulfonamides is 1. The first-order valence-electron chi connectivity index (χ1n) is 9.37. The van der Waals surface area contributed by atoms with E-state index >= 15 is 0 Å². The van der Waals surface area contributed by atoms with Gasteiger partial charge in [0.1, 0.15) is 12.4 Å². The van der Waals surface area contributed by atoms with E-state index in [1.807, 2.05) is 12.3 Å². The molecule has 0 spiro atoms. The zero-order valence-electron chi connectivity index (χ0n) is 16.8. The standard InChI is InChI=1S/C21H18N4O4S3/c1-14-23-17(13-31-14)12-29-18-6-2-15(3-7-18)20(26)24-16-4-8-19(9-5-16)32(27,28)25-21-22-10-11-30-21/h2-11,13H,12H2,1H3,(H,22,25)(H,24,26). The molecule has 8 nitrogen and oxygen atoms in total. The minimum Gasteiger partial charge on any atom is -0.487 e. The Morgan fingerprint density at radius 1 is 1.06 bits per heavy atom. The van der Waals surface area contributed by atoms with Gasteiger partial charge in [-0.05, 0) is 55.5 Å². The van der Waals surface area contributed by atoms with Gasteiger partial charge in [0.2, 0.25) is 0 Å². The largest absolute Gasteiger partial charge is 0.487 e. The van der Waals surface area contributed by atoms with Crippen molar-refractivity contribution in [3.05, 3.63) is 81.8 Å². The summed E-state index contributed by atoms with van der Waals surface area (Å²) in [6.45, 7) is 2.30. The Morgan fingerprint density at radius 3 is 2.44 bits per heavy atom. The molecule has 0 bridgehead atoms. The van der Waals surface area contributed by atoms with Crippen LogP contribution in [0.5, 0.6) is 5.75 Å². The molecule has 2 aromatic heterocycles. The molecule has 2 heterocycles. The number of aromatic nitrogens is 2. The third-order valence-electron chi connectivity index (χ3n) is 4.25. The van der Waals surface area contributed by atoms with Crippen LogP contribution in [0.1, 0.15) is 21.1 Å². The molecule has 0 radical (unpaired) electrons. The highest BCUT2D eigenvalue weighted by molar-refractivity contribution is 7.93. The minimum absolute atomic E-state index is 0.0718. The van der Waals surface area contributed by atoms with E-state index in [1.165, 1.54) is 41.8 Å². The normalized spacial score (nSPS) is 11.2. The lowest BCUT2D eigenvalue weighted by Gasteiger charge is -2.09. The number of amides is 1. The highest BCUT2D eigenvalue weighted by Crippen LogP contribution is 2.21. The average Bonchev–Trinajstić information content (AvgIpc) is 3.44. The van der Waals surface area contributed by atoms with Crippen molar-refractivity contribution in [2.75, 3.05) is 10.0 Å². The Labute approximate surface area is 193 Å². The Morgan fingerprint density at radius 2 is 1.81 bits per heavy atom. The summed E-state index contributed by atoms with van der Waals surface area (Å²) in [5.74, 6) is 0.317. The van der Waals surface area contributed by atoms with E-state index in [0.29, 0.717) is 23.6 Å². The Kier molecular flexibility index (Phi) is 6.49. The molecule has 0 aliphatic carbocycles. The SMILES string of the molecule is Cc1nc(COc2ccc(C(=O)Nc3ccc(S(=O)(=O)Nc4nccs4)cc3)cc2)cs1. The molecule has 2 aromatic carbocycles. The van der Waals surface area contributed by atoms with E-state index in [1.54, 1.807) is 41.0 Å². The van der Waals surface area contributed by atoms with Crippen LogP contribution in [0.3, 0.4) is 0 Å². The summed E-state index contributed by atoms with van der Waals surface area (Å²) in [6, 6.07) is 12.7. The lowest BCUT2D eigenvalue weighted by molar-refractivity contribution is 0.102.